The first-order chi connectivity index (χ1) is 11.6. The van der Waals surface area contributed by atoms with Crippen molar-refractivity contribution in [3.8, 4) is 11.4 Å². The third-order valence-corrected chi connectivity index (χ3v) is 4.65. The Morgan fingerprint density at radius 2 is 2.08 bits per heavy atom. The smallest absolute Gasteiger partial charge is 0.257 e. The SMILES string of the molecule is C[C@@H]1CCCN(C(=O)c2c(F)cccc2-c2ncccn2)C1CN. The van der Waals surface area contributed by atoms with E-state index < -0.39 is 5.82 Å². The Labute approximate surface area is 140 Å². The van der Waals surface area contributed by atoms with Gasteiger partial charge >= 0.3 is 0 Å². The van der Waals surface area contributed by atoms with E-state index >= 15 is 0 Å². The Hall–Kier alpha value is -2.34. The third-order valence-electron chi connectivity index (χ3n) is 4.65. The van der Waals surface area contributed by atoms with Crippen LogP contribution in [0.1, 0.15) is 30.1 Å². The molecule has 1 aliphatic heterocycles. The summed E-state index contributed by atoms with van der Waals surface area (Å²) in [5, 5.41) is 0. The molecule has 1 unspecified atom stereocenters. The molecule has 2 atom stereocenters. The summed E-state index contributed by atoms with van der Waals surface area (Å²) >= 11 is 0. The van der Waals surface area contributed by atoms with E-state index in [2.05, 4.69) is 16.9 Å². The van der Waals surface area contributed by atoms with Crippen molar-refractivity contribution in [3.05, 3.63) is 48.0 Å². The zero-order valence-corrected chi connectivity index (χ0v) is 13.7. The lowest BCUT2D eigenvalue weighted by molar-refractivity contribution is 0.0528. The largest absolute Gasteiger partial charge is 0.334 e. The standard InChI is InChI=1S/C18H21FN4O/c1-12-5-3-10-23(15(12)11-20)18(24)16-13(6-2-7-14(16)19)17-21-8-4-9-22-17/h2,4,6-9,12,15H,3,5,10-11,20H2,1H3/t12-,15?/m1/s1. The number of carbonyl (C=O) groups is 1. The summed E-state index contributed by atoms with van der Waals surface area (Å²) in [5.41, 5.74) is 6.31. The van der Waals surface area contributed by atoms with Crippen molar-refractivity contribution in [2.75, 3.05) is 13.1 Å². The van der Waals surface area contributed by atoms with Gasteiger partial charge in [-0.3, -0.25) is 4.79 Å². The first-order valence-electron chi connectivity index (χ1n) is 8.20. The molecule has 1 aromatic carbocycles. The number of hydrogen-bond acceptors (Lipinski definition) is 4. The van der Waals surface area contributed by atoms with Crippen LogP contribution in [0.25, 0.3) is 11.4 Å². The van der Waals surface area contributed by atoms with E-state index in [-0.39, 0.29) is 17.5 Å². The summed E-state index contributed by atoms with van der Waals surface area (Å²) in [6.45, 7) is 3.05. The average molecular weight is 328 g/mol. The van der Waals surface area contributed by atoms with Crippen LogP contribution in [0.15, 0.2) is 36.7 Å². The van der Waals surface area contributed by atoms with Gasteiger partial charge in [-0.05, 0) is 30.9 Å². The Balaban J connectivity index is 2.04. The fraction of sp³-hybridized carbons (Fsp3) is 0.389. The zero-order chi connectivity index (χ0) is 17.1. The molecule has 2 N–H and O–H groups in total. The normalized spacial score (nSPS) is 20.9. The van der Waals surface area contributed by atoms with Gasteiger partial charge in [-0.2, -0.15) is 0 Å². The van der Waals surface area contributed by atoms with E-state index in [9.17, 15) is 9.18 Å². The molecular weight excluding hydrogens is 307 g/mol. The van der Waals surface area contributed by atoms with E-state index in [1.54, 1.807) is 35.5 Å². The van der Waals surface area contributed by atoms with Crippen molar-refractivity contribution in [1.29, 1.82) is 0 Å². The predicted octanol–water partition coefficient (Wildman–Crippen LogP) is 2.48. The maximum atomic E-state index is 14.5. The number of likely N-dealkylation sites (tertiary alicyclic amines) is 1. The Bertz CT molecular complexity index is 722. The minimum atomic E-state index is -0.557. The first-order valence-corrected chi connectivity index (χ1v) is 8.20. The van der Waals surface area contributed by atoms with E-state index in [4.69, 9.17) is 5.73 Å². The summed E-state index contributed by atoms with van der Waals surface area (Å²) in [6, 6.07) is 6.15. The molecule has 1 saturated heterocycles. The molecule has 5 nitrogen and oxygen atoms in total. The monoisotopic (exact) mass is 328 g/mol. The minimum Gasteiger partial charge on any atom is -0.334 e. The van der Waals surface area contributed by atoms with Gasteiger partial charge in [-0.25, -0.2) is 14.4 Å². The fourth-order valence-corrected chi connectivity index (χ4v) is 3.37. The van der Waals surface area contributed by atoms with Crippen LogP contribution in [0.2, 0.25) is 0 Å². The summed E-state index contributed by atoms with van der Waals surface area (Å²) in [7, 11) is 0. The second kappa shape index (κ2) is 7.05. The maximum absolute atomic E-state index is 14.5. The van der Waals surface area contributed by atoms with Crippen LogP contribution in [0, 0.1) is 11.7 Å². The van der Waals surface area contributed by atoms with Gasteiger partial charge in [0, 0.05) is 37.1 Å². The van der Waals surface area contributed by atoms with Gasteiger partial charge in [0.2, 0.25) is 0 Å². The number of aromatic nitrogens is 2. The predicted molar refractivity (Wildman–Crippen MR) is 89.7 cm³/mol. The van der Waals surface area contributed by atoms with Crippen molar-refractivity contribution >= 4 is 5.91 Å². The number of nitrogens with zero attached hydrogens (tertiary/aromatic N) is 3. The lowest BCUT2D eigenvalue weighted by atomic mass is 9.89. The van der Waals surface area contributed by atoms with Crippen molar-refractivity contribution in [3.63, 3.8) is 0 Å². The first kappa shape index (κ1) is 16.5. The second-order valence-electron chi connectivity index (χ2n) is 6.16. The number of carbonyl (C=O) groups excluding carboxylic acids is 1. The summed E-state index contributed by atoms with van der Waals surface area (Å²) in [5.74, 6) is -0.248. The number of rotatable bonds is 3. The molecule has 6 heteroatoms. The highest BCUT2D eigenvalue weighted by atomic mass is 19.1. The molecule has 2 heterocycles. The minimum absolute atomic E-state index is 0.0243. The van der Waals surface area contributed by atoms with Crippen LogP contribution in [0.3, 0.4) is 0 Å². The molecular formula is C18H21FN4O. The van der Waals surface area contributed by atoms with Crippen LogP contribution in [-0.2, 0) is 0 Å². The summed E-state index contributed by atoms with van der Waals surface area (Å²) < 4.78 is 14.5. The summed E-state index contributed by atoms with van der Waals surface area (Å²) in [6.07, 6.45) is 5.08. The number of nitrogens with two attached hydrogens (primary N) is 1. The zero-order valence-electron chi connectivity index (χ0n) is 13.7. The second-order valence-corrected chi connectivity index (χ2v) is 6.16. The molecule has 3 rings (SSSR count). The van der Waals surface area contributed by atoms with E-state index in [0.29, 0.717) is 30.4 Å². The van der Waals surface area contributed by atoms with Gasteiger partial charge in [0.05, 0.1) is 5.56 Å². The van der Waals surface area contributed by atoms with Crippen LogP contribution >= 0.6 is 0 Å². The quantitative estimate of drug-likeness (QED) is 0.939. The molecule has 1 amide bonds. The fourth-order valence-electron chi connectivity index (χ4n) is 3.37. The van der Waals surface area contributed by atoms with Crippen LogP contribution in [0.5, 0.6) is 0 Å². The van der Waals surface area contributed by atoms with Crippen molar-refractivity contribution < 1.29 is 9.18 Å². The Morgan fingerprint density at radius 1 is 1.33 bits per heavy atom. The van der Waals surface area contributed by atoms with Crippen molar-refractivity contribution in [2.24, 2.45) is 11.7 Å². The Kier molecular flexibility index (Phi) is 4.85. The molecule has 0 saturated carbocycles. The van der Waals surface area contributed by atoms with Crippen molar-refractivity contribution in [1.82, 2.24) is 14.9 Å². The molecule has 1 fully saturated rings. The van der Waals surface area contributed by atoms with Crippen molar-refractivity contribution in [2.45, 2.75) is 25.8 Å². The van der Waals surface area contributed by atoms with Gasteiger partial charge in [0.15, 0.2) is 5.82 Å². The Morgan fingerprint density at radius 3 is 2.79 bits per heavy atom. The van der Waals surface area contributed by atoms with Crippen LogP contribution in [-0.4, -0.2) is 39.9 Å². The maximum Gasteiger partial charge on any atom is 0.257 e. The molecule has 0 radical (unpaired) electrons. The molecule has 126 valence electrons. The molecule has 24 heavy (non-hydrogen) atoms. The number of piperidine rings is 1. The molecule has 1 aromatic heterocycles. The van der Waals surface area contributed by atoms with Crippen LogP contribution < -0.4 is 5.73 Å². The molecule has 1 aliphatic rings. The number of halogens is 1. The van der Waals surface area contributed by atoms with Gasteiger partial charge in [0.25, 0.3) is 5.91 Å². The number of amides is 1. The molecule has 0 bridgehead atoms. The van der Waals surface area contributed by atoms with E-state index in [1.807, 2.05) is 0 Å². The highest BCUT2D eigenvalue weighted by Gasteiger charge is 2.33. The molecule has 2 aromatic rings. The topological polar surface area (TPSA) is 72.1 Å². The number of benzene rings is 1. The van der Waals surface area contributed by atoms with Crippen LogP contribution in [0.4, 0.5) is 4.39 Å². The van der Waals surface area contributed by atoms with Gasteiger partial charge in [0.1, 0.15) is 5.82 Å². The lowest BCUT2D eigenvalue weighted by Crippen LogP contribution is -2.51. The average Bonchev–Trinajstić information content (AvgIpc) is 2.61. The molecule has 0 aliphatic carbocycles. The third kappa shape index (κ3) is 3.01. The van der Waals surface area contributed by atoms with Gasteiger partial charge in [-0.15, -0.1) is 0 Å². The highest BCUT2D eigenvalue weighted by Crippen LogP contribution is 2.29. The van der Waals surface area contributed by atoms with Gasteiger partial charge in [-0.1, -0.05) is 19.1 Å². The summed E-state index contributed by atoms with van der Waals surface area (Å²) in [4.78, 5) is 23.1. The highest BCUT2D eigenvalue weighted by molar-refractivity contribution is 6.00. The number of hydrogen-bond donors (Lipinski definition) is 1. The lowest BCUT2D eigenvalue weighted by Gasteiger charge is -2.39. The van der Waals surface area contributed by atoms with E-state index in [0.717, 1.165) is 12.8 Å². The molecule has 0 spiro atoms. The van der Waals surface area contributed by atoms with E-state index in [1.165, 1.54) is 6.07 Å². The van der Waals surface area contributed by atoms with Gasteiger partial charge < -0.3 is 10.6 Å².